The summed E-state index contributed by atoms with van der Waals surface area (Å²) < 4.78 is 0. The van der Waals surface area contributed by atoms with Crippen molar-refractivity contribution in [2.75, 3.05) is 5.33 Å². The lowest BCUT2D eigenvalue weighted by Crippen LogP contribution is -2.61. The van der Waals surface area contributed by atoms with Gasteiger partial charge in [-0.15, -0.1) is 0 Å². The van der Waals surface area contributed by atoms with E-state index >= 15 is 0 Å². The quantitative estimate of drug-likeness (QED) is 0.670. The molecule has 3 fully saturated rings. The van der Waals surface area contributed by atoms with E-state index in [2.05, 4.69) is 22.9 Å². The molecule has 0 saturated heterocycles. The third kappa shape index (κ3) is 2.20. The van der Waals surface area contributed by atoms with Crippen molar-refractivity contribution < 1.29 is 19.8 Å². The molecule has 3 saturated carbocycles. The number of rotatable bonds is 2. The minimum absolute atomic E-state index is 0.0317. The largest absolute Gasteiger partial charge is 0.393 e. The maximum Gasteiger partial charge on any atom is 0.178 e. The summed E-state index contributed by atoms with van der Waals surface area (Å²) in [5.41, 5.74) is -1.14. The molecule has 4 aliphatic rings. The Balaban J connectivity index is 1.75. The summed E-state index contributed by atoms with van der Waals surface area (Å²) in [7, 11) is 0. The summed E-state index contributed by atoms with van der Waals surface area (Å²) in [5.74, 6) is 0.365. The van der Waals surface area contributed by atoms with Gasteiger partial charge >= 0.3 is 0 Å². The van der Waals surface area contributed by atoms with Crippen LogP contribution < -0.4 is 0 Å². The monoisotopic (exact) mass is 422 g/mol. The Morgan fingerprint density at radius 3 is 2.77 bits per heavy atom. The van der Waals surface area contributed by atoms with Gasteiger partial charge in [-0.2, -0.15) is 0 Å². The van der Waals surface area contributed by atoms with Crippen molar-refractivity contribution in [3.8, 4) is 0 Å². The minimum atomic E-state index is -1.36. The van der Waals surface area contributed by atoms with Crippen LogP contribution in [0.3, 0.4) is 0 Å². The van der Waals surface area contributed by atoms with Crippen molar-refractivity contribution in [3.63, 3.8) is 0 Å². The number of allylic oxidation sites excluding steroid dienone is 4. The Bertz CT molecular complexity index is 728. The maximum absolute atomic E-state index is 12.6. The highest BCUT2D eigenvalue weighted by Crippen LogP contribution is 2.67. The number of hydrogen-bond acceptors (Lipinski definition) is 4. The number of halogens is 1. The first-order valence-electron chi connectivity index (χ1n) is 9.61. The summed E-state index contributed by atoms with van der Waals surface area (Å²) in [6.07, 6.45) is 8.24. The van der Waals surface area contributed by atoms with Crippen LogP contribution in [0.5, 0.6) is 0 Å². The summed E-state index contributed by atoms with van der Waals surface area (Å²) >= 11 is 3.22. The molecule has 0 aromatic carbocycles. The number of aliphatic hydroxyl groups excluding tert-OH is 1. The molecule has 0 unspecified atom stereocenters. The molecule has 7 atom stereocenters. The molecule has 0 aromatic rings. The molecule has 0 spiro atoms. The lowest BCUT2D eigenvalue weighted by Gasteiger charge is -2.59. The number of fused-ring (bicyclic) bond motifs is 5. The molecule has 4 rings (SSSR count). The van der Waals surface area contributed by atoms with E-state index in [0.29, 0.717) is 12.8 Å². The lowest BCUT2D eigenvalue weighted by molar-refractivity contribution is -0.174. The normalized spacial score (nSPS) is 49.9. The van der Waals surface area contributed by atoms with E-state index < -0.39 is 17.1 Å². The smallest absolute Gasteiger partial charge is 0.178 e. The van der Waals surface area contributed by atoms with Crippen molar-refractivity contribution in [2.45, 2.75) is 57.7 Å². The fraction of sp³-hybridized carbons (Fsp3) is 0.714. The van der Waals surface area contributed by atoms with Crippen LogP contribution in [0.15, 0.2) is 23.8 Å². The molecular weight excluding hydrogens is 396 g/mol. The fourth-order valence-electron chi connectivity index (χ4n) is 6.90. The number of ketones is 2. The molecular formula is C21H27BrO4. The maximum atomic E-state index is 12.6. The van der Waals surface area contributed by atoms with E-state index in [-0.39, 0.29) is 40.1 Å². The molecule has 2 N–H and O–H groups in total. The van der Waals surface area contributed by atoms with Gasteiger partial charge in [-0.1, -0.05) is 41.4 Å². The topological polar surface area (TPSA) is 74.6 Å². The Kier molecular flexibility index (Phi) is 4.18. The second-order valence-corrected chi connectivity index (χ2v) is 9.73. The van der Waals surface area contributed by atoms with Gasteiger partial charge in [0, 0.05) is 16.7 Å². The minimum Gasteiger partial charge on any atom is -0.393 e. The van der Waals surface area contributed by atoms with Gasteiger partial charge in [-0.3, -0.25) is 9.59 Å². The zero-order valence-corrected chi connectivity index (χ0v) is 17.0. The van der Waals surface area contributed by atoms with Gasteiger partial charge in [-0.25, -0.2) is 0 Å². The van der Waals surface area contributed by atoms with Crippen molar-refractivity contribution in [3.05, 3.63) is 23.8 Å². The van der Waals surface area contributed by atoms with E-state index in [1.165, 1.54) is 0 Å². The van der Waals surface area contributed by atoms with Gasteiger partial charge in [0.1, 0.15) is 5.60 Å². The summed E-state index contributed by atoms with van der Waals surface area (Å²) in [6, 6.07) is 0. The highest BCUT2D eigenvalue weighted by Gasteiger charge is 2.67. The number of hydrogen-bond donors (Lipinski definition) is 2. The summed E-state index contributed by atoms with van der Waals surface area (Å²) in [4.78, 5) is 24.4. The second kappa shape index (κ2) is 5.86. The number of carbonyl (C=O) groups excluding carboxylic acids is 2. The SMILES string of the molecule is C[C@]12C=CC(=O)C=C1CC[C@@H]1[C@@H]2[C@@H](O)C[C@@]2(C)[C@H]1CC[C@]2(O)C(=O)CBr. The Labute approximate surface area is 162 Å². The van der Waals surface area contributed by atoms with Gasteiger partial charge < -0.3 is 10.2 Å². The summed E-state index contributed by atoms with van der Waals surface area (Å²) in [6.45, 7) is 4.13. The van der Waals surface area contributed by atoms with E-state index in [9.17, 15) is 19.8 Å². The first-order chi connectivity index (χ1) is 12.2. The number of carbonyl (C=O) groups is 2. The summed E-state index contributed by atoms with van der Waals surface area (Å²) in [5, 5.41) is 22.6. The van der Waals surface area contributed by atoms with Gasteiger partial charge in [0.25, 0.3) is 0 Å². The zero-order chi connectivity index (χ0) is 18.9. The molecule has 4 aliphatic carbocycles. The molecule has 0 aliphatic heterocycles. The van der Waals surface area contributed by atoms with Crippen LogP contribution in [0.4, 0.5) is 0 Å². The Hall–Kier alpha value is -0.780. The van der Waals surface area contributed by atoms with Crippen LogP contribution in [-0.2, 0) is 9.59 Å². The third-order valence-corrected chi connectivity index (χ3v) is 8.74. The lowest BCUT2D eigenvalue weighted by atomic mass is 9.46. The van der Waals surface area contributed by atoms with Crippen molar-refractivity contribution in [1.82, 2.24) is 0 Å². The average Bonchev–Trinajstić information content (AvgIpc) is 2.86. The van der Waals surface area contributed by atoms with Crippen molar-refractivity contribution >= 4 is 27.5 Å². The standard InChI is InChI=1S/C21H27BrO4/c1-19-7-5-13(23)9-12(19)3-4-14-15-6-8-21(26,17(25)11-22)20(15,2)10-16(24)18(14)19/h5,7,9,14-16,18,24,26H,3-4,6,8,10-11H2,1-2H3/t14-,15-,16-,18+,19-,20-,21-/m0/s1. The molecule has 0 amide bonds. The molecule has 142 valence electrons. The predicted molar refractivity (Wildman–Crippen MR) is 102 cm³/mol. The second-order valence-electron chi connectivity index (χ2n) is 9.17. The van der Waals surface area contributed by atoms with E-state index in [4.69, 9.17) is 0 Å². The van der Waals surface area contributed by atoms with E-state index in [0.717, 1.165) is 24.8 Å². The molecule has 0 radical (unpaired) electrons. The van der Waals surface area contributed by atoms with E-state index in [1.807, 2.05) is 13.0 Å². The predicted octanol–water partition coefficient (Wildman–Crippen LogP) is 2.96. The zero-order valence-electron chi connectivity index (χ0n) is 15.4. The van der Waals surface area contributed by atoms with Crippen molar-refractivity contribution in [2.24, 2.45) is 28.6 Å². The molecule has 0 heterocycles. The molecule has 26 heavy (non-hydrogen) atoms. The Morgan fingerprint density at radius 2 is 2.08 bits per heavy atom. The van der Waals surface area contributed by atoms with Crippen LogP contribution >= 0.6 is 15.9 Å². The van der Waals surface area contributed by atoms with Crippen LogP contribution in [0, 0.1) is 28.6 Å². The van der Waals surface area contributed by atoms with Crippen LogP contribution in [-0.4, -0.2) is 38.8 Å². The average molecular weight is 423 g/mol. The molecule has 0 bridgehead atoms. The van der Waals surface area contributed by atoms with Crippen molar-refractivity contribution in [1.29, 1.82) is 0 Å². The fourth-order valence-corrected chi connectivity index (χ4v) is 7.36. The van der Waals surface area contributed by atoms with Crippen LogP contribution in [0.2, 0.25) is 0 Å². The number of alkyl halides is 1. The van der Waals surface area contributed by atoms with Crippen LogP contribution in [0.25, 0.3) is 0 Å². The highest BCUT2D eigenvalue weighted by atomic mass is 79.9. The van der Waals surface area contributed by atoms with Gasteiger partial charge in [0.2, 0.25) is 0 Å². The number of Topliss-reactive ketones (excluding diaryl/α,β-unsaturated/α-hetero) is 1. The molecule has 5 heteroatoms. The van der Waals surface area contributed by atoms with Gasteiger partial charge in [0.15, 0.2) is 11.6 Å². The number of aliphatic hydroxyl groups is 2. The Morgan fingerprint density at radius 1 is 1.35 bits per heavy atom. The molecule has 0 aromatic heterocycles. The van der Waals surface area contributed by atoms with Gasteiger partial charge in [0.05, 0.1) is 11.4 Å². The van der Waals surface area contributed by atoms with Crippen LogP contribution in [0.1, 0.15) is 46.0 Å². The van der Waals surface area contributed by atoms with E-state index in [1.54, 1.807) is 12.2 Å². The molecule has 4 nitrogen and oxygen atoms in total. The third-order valence-electron chi connectivity index (χ3n) is 8.23. The highest BCUT2D eigenvalue weighted by molar-refractivity contribution is 9.09. The first kappa shape index (κ1) is 18.6. The van der Waals surface area contributed by atoms with Gasteiger partial charge in [-0.05, 0) is 56.1 Å². The first-order valence-corrected chi connectivity index (χ1v) is 10.7.